The fraction of sp³-hybridized carbons (Fsp3) is 0.412. The minimum Gasteiger partial charge on any atom is -0.497 e. The largest absolute Gasteiger partial charge is 0.497 e. The molecule has 3 rings (SSSR count). The zero-order valence-electron chi connectivity index (χ0n) is 12.9. The molecular weight excluding hydrogens is 298 g/mol. The molecule has 1 aromatic carbocycles. The molecule has 2 atom stereocenters. The quantitative estimate of drug-likeness (QED) is 0.905. The average molecular weight is 317 g/mol. The van der Waals surface area contributed by atoms with E-state index in [1.165, 1.54) is 0 Å². The molecule has 1 heterocycles. The van der Waals surface area contributed by atoms with Crippen molar-refractivity contribution in [1.82, 2.24) is 5.32 Å². The summed E-state index contributed by atoms with van der Waals surface area (Å²) in [6, 6.07) is 6.58. The Hall–Kier alpha value is -2.50. The molecule has 0 radical (unpaired) electrons. The molecule has 2 N–H and O–H groups in total. The zero-order chi connectivity index (χ0) is 16.4. The summed E-state index contributed by atoms with van der Waals surface area (Å²) in [4.78, 5) is 23.7. The maximum absolute atomic E-state index is 12.4. The van der Waals surface area contributed by atoms with Crippen molar-refractivity contribution in [2.24, 2.45) is 5.92 Å². The lowest BCUT2D eigenvalue weighted by atomic mass is 9.84. The number of carbonyl (C=O) groups excluding carboxylic acids is 1. The van der Waals surface area contributed by atoms with Crippen molar-refractivity contribution in [2.45, 2.75) is 31.7 Å². The summed E-state index contributed by atoms with van der Waals surface area (Å²) in [5, 5.41) is 12.9. The number of furan rings is 1. The van der Waals surface area contributed by atoms with Crippen molar-refractivity contribution in [3.63, 3.8) is 0 Å². The lowest BCUT2D eigenvalue weighted by Crippen LogP contribution is -2.45. The first-order valence-corrected chi connectivity index (χ1v) is 7.70. The number of amides is 1. The van der Waals surface area contributed by atoms with E-state index in [9.17, 15) is 14.7 Å². The maximum atomic E-state index is 12.4. The van der Waals surface area contributed by atoms with Crippen molar-refractivity contribution < 1.29 is 23.8 Å². The third kappa shape index (κ3) is 3.16. The van der Waals surface area contributed by atoms with Gasteiger partial charge < -0.3 is 19.6 Å². The Bertz CT molecular complexity index is 736. The number of carboxylic acid groups (broad SMARTS) is 1. The number of methoxy groups -OCH3 is 1. The Morgan fingerprint density at radius 2 is 2.04 bits per heavy atom. The van der Waals surface area contributed by atoms with Gasteiger partial charge in [-0.3, -0.25) is 9.59 Å². The number of carboxylic acids is 1. The SMILES string of the molecule is COc1ccc2oc(C(=O)NC3CCCCC3C(=O)O)cc2c1. The first-order valence-electron chi connectivity index (χ1n) is 7.70. The lowest BCUT2D eigenvalue weighted by molar-refractivity contribution is -0.143. The summed E-state index contributed by atoms with van der Waals surface area (Å²) in [5.41, 5.74) is 0.592. The van der Waals surface area contributed by atoms with E-state index in [1.54, 1.807) is 31.4 Å². The first kappa shape index (κ1) is 15.4. The van der Waals surface area contributed by atoms with Gasteiger partial charge in [0.05, 0.1) is 13.0 Å². The Balaban J connectivity index is 1.78. The Morgan fingerprint density at radius 1 is 1.26 bits per heavy atom. The van der Waals surface area contributed by atoms with Crippen LogP contribution in [0.15, 0.2) is 28.7 Å². The monoisotopic (exact) mass is 317 g/mol. The minimum atomic E-state index is -0.857. The van der Waals surface area contributed by atoms with Gasteiger partial charge in [0.2, 0.25) is 0 Å². The van der Waals surface area contributed by atoms with E-state index < -0.39 is 11.9 Å². The highest BCUT2D eigenvalue weighted by atomic mass is 16.5. The number of nitrogens with one attached hydrogen (secondary N) is 1. The third-order valence-electron chi connectivity index (χ3n) is 4.35. The Kier molecular flexibility index (Phi) is 4.23. The van der Waals surface area contributed by atoms with Gasteiger partial charge in [0.15, 0.2) is 5.76 Å². The molecule has 1 aromatic heterocycles. The molecule has 6 nitrogen and oxygen atoms in total. The molecule has 23 heavy (non-hydrogen) atoms. The fourth-order valence-electron chi connectivity index (χ4n) is 3.10. The highest BCUT2D eigenvalue weighted by molar-refractivity contribution is 5.96. The predicted molar refractivity (Wildman–Crippen MR) is 83.6 cm³/mol. The van der Waals surface area contributed by atoms with Gasteiger partial charge in [-0.25, -0.2) is 0 Å². The molecule has 2 unspecified atom stereocenters. The third-order valence-corrected chi connectivity index (χ3v) is 4.35. The van der Waals surface area contributed by atoms with Crippen LogP contribution in [0, 0.1) is 5.92 Å². The molecular formula is C17H19NO5. The highest BCUT2D eigenvalue weighted by Crippen LogP contribution is 2.27. The van der Waals surface area contributed by atoms with E-state index in [0.29, 0.717) is 24.2 Å². The van der Waals surface area contributed by atoms with Gasteiger partial charge >= 0.3 is 5.97 Å². The van der Waals surface area contributed by atoms with Gasteiger partial charge in [0.25, 0.3) is 5.91 Å². The van der Waals surface area contributed by atoms with E-state index in [-0.39, 0.29) is 17.7 Å². The van der Waals surface area contributed by atoms with Crippen molar-refractivity contribution in [2.75, 3.05) is 7.11 Å². The summed E-state index contributed by atoms with van der Waals surface area (Å²) in [5.74, 6) is -0.897. The summed E-state index contributed by atoms with van der Waals surface area (Å²) in [6.45, 7) is 0. The van der Waals surface area contributed by atoms with Crippen LogP contribution in [0.2, 0.25) is 0 Å². The standard InChI is InChI=1S/C17H19NO5/c1-22-11-6-7-14-10(8-11)9-15(23-14)16(19)18-13-5-3-2-4-12(13)17(20)21/h6-9,12-13H,2-5H2,1H3,(H,18,19)(H,20,21). The van der Waals surface area contributed by atoms with Crippen molar-refractivity contribution in [3.05, 3.63) is 30.0 Å². The van der Waals surface area contributed by atoms with Gasteiger partial charge in [-0.1, -0.05) is 12.8 Å². The molecule has 2 aromatic rings. The molecule has 1 fully saturated rings. The van der Waals surface area contributed by atoms with Crippen LogP contribution in [0.4, 0.5) is 0 Å². The number of hydrogen-bond donors (Lipinski definition) is 2. The number of benzene rings is 1. The molecule has 0 aliphatic heterocycles. The number of ether oxygens (including phenoxy) is 1. The number of fused-ring (bicyclic) bond motifs is 1. The minimum absolute atomic E-state index is 0.183. The van der Waals surface area contributed by atoms with Crippen LogP contribution in [0.25, 0.3) is 11.0 Å². The molecule has 0 spiro atoms. The summed E-state index contributed by atoms with van der Waals surface area (Å²) < 4.78 is 10.7. The normalized spacial score (nSPS) is 21.1. The molecule has 0 saturated heterocycles. The van der Waals surface area contributed by atoms with Gasteiger partial charge in [-0.15, -0.1) is 0 Å². The van der Waals surface area contributed by atoms with Crippen molar-refractivity contribution in [3.8, 4) is 5.75 Å². The summed E-state index contributed by atoms with van der Waals surface area (Å²) >= 11 is 0. The smallest absolute Gasteiger partial charge is 0.308 e. The van der Waals surface area contributed by atoms with Crippen LogP contribution in [0.5, 0.6) is 5.75 Å². The van der Waals surface area contributed by atoms with Crippen LogP contribution in [-0.2, 0) is 4.79 Å². The first-order chi connectivity index (χ1) is 11.1. The van der Waals surface area contributed by atoms with Gasteiger partial charge in [0.1, 0.15) is 11.3 Å². The molecule has 122 valence electrons. The van der Waals surface area contributed by atoms with E-state index in [1.807, 2.05) is 0 Å². The van der Waals surface area contributed by atoms with Gasteiger partial charge in [-0.2, -0.15) is 0 Å². The van der Waals surface area contributed by atoms with Gasteiger partial charge in [-0.05, 0) is 37.1 Å². The molecule has 0 bridgehead atoms. The summed E-state index contributed by atoms with van der Waals surface area (Å²) in [6.07, 6.45) is 3.08. The predicted octanol–water partition coefficient (Wildman–Crippen LogP) is 2.81. The fourth-order valence-corrected chi connectivity index (χ4v) is 3.10. The highest BCUT2D eigenvalue weighted by Gasteiger charge is 2.32. The van der Waals surface area contributed by atoms with Crippen molar-refractivity contribution >= 4 is 22.8 Å². The maximum Gasteiger partial charge on any atom is 0.308 e. The van der Waals surface area contributed by atoms with E-state index in [2.05, 4.69) is 5.32 Å². The number of aliphatic carboxylic acids is 1. The lowest BCUT2D eigenvalue weighted by Gasteiger charge is -2.28. The molecule has 1 saturated carbocycles. The number of hydrogen-bond acceptors (Lipinski definition) is 4. The van der Waals surface area contributed by atoms with E-state index >= 15 is 0 Å². The number of rotatable bonds is 4. The number of carbonyl (C=O) groups is 2. The second-order valence-corrected chi connectivity index (χ2v) is 5.82. The van der Waals surface area contributed by atoms with Crippen LogP contribution in [0.1, 0.15) is 36.2 Å². The molecule has 1 amide bonds. The summed E-state index contributed by atoms with van der Waals surface area (Å²) in [7, 11) is 1.57. The molecule has 1 aliphatic carbocycles. The topological polar surface area (TPSA) is 88.8 Å². The van der Waals surface area contributed by atoms with Crippen molar-refractivity contribution in [1.29, 1.82) is 0 Å². The van der Waals surface area contributed by atoms with Gasteiger partial charge in [0, 0.05) is 11.4 Å². The van der Waals surface area contributed by atoms with Crippen LogP contribution >= 0.6 is 0 Å². The van der Waals surface area contributed by atoms with E-state index in [4.69, 9.17) is 9.15 Å². The van der Waals surface area contributed by atoms with Crippen LogP contribution < -0.4 is 10.1 Å². The zero-order valence-corrected chi connectivity index (χ0v) is 12.9. The van der Waals surface area contributed by atoms with Crippen LogP contribution in [-0.4, -0.2) is 30.1 Å². The Labute approximate surface area is 133 Å². The van der Waals surface area contributed by atoms with Crippen LogP contribution in [0.3, 0.4) is 0 Å². The molecule has 6 heteroatoms. The second-order valence-electron chi connectivity index (χ2n) is 5.82. The Morgan fingerprint density at radius 3 is 2.78 bits per heavy atom. The average Bonchev–Trinajstić information content (AvgIpc) is 2.98. The molecule has 1 aliphatic rings. The second kappa shape index (κ2) is 6.32. The van der Waals surface area contributed by atoms with E-state index in [0.717, 1.165) is 18.2 Å².